The summed E-state index contributed by atoms with van der Waals surface area (Å²) < 4.78 is 0. The van der Waals surface area contributed by atoms with Gasteiger partial charge in [-0.3, -0.25) is 4.89 Å². The second kappa shape index (κ2) is 17.2. The Bertz CT molecular complexity index is 69.5. The molecule has 0 aromatic rings. The van der Waals surface area contributed by atoms with Crippen LogP contribution >= 0.6 is 0 Å². The summed E-state index contributed by atoms with van der Waals surface area (Å²) in [6.07, 6.45) is 4.65. The average Bonchev–Trinajstić information content (AvgIpc) is 1.89. The molecule has 66 valence electrons. The van der Waals surface area contributed by atoms with Crippen molar-refractivity contribution in [2.75, 3.05) is 13.2 Å². The van der Waals surface area contributed by atoms with Crippen molar-refractivity contribution in [3.05, 3.63) is 19.1 Å². The van der Waals surface area contributed by atoms with E-state index in [1.807, 2.05) is 6.42 Å². The summed E-state index contributed by atoms with van der Waals surface area (Å²) in [4.78, 5) is 9.32. The minimum atomic E-state index is 0. The van der Waals surface area contributed by atoms with Crippen molar-refractivity contribution in [2.45, 2.75) is 13.3 Å². The van der Waals surface area contributed by atoms with Gasteiger partial charge in [0.15, 0.2) is 0 Å². The molecule has 0 atom stereocenters. The summed E-state index contributed by atoms with van der Waals surface area (Å²) in [5.41, 5.74) is 0. The van der Waals surface area contributed by atoms with Crippen molar-refractivity contribution < 1.29 is 51.9 Å². The molecule has 0 saturated heterocycles. The summed E-state index contributed by atoms with van der Waals surface area (Å²) >= 11 is 0. The molecule has 0 saturated carbocycles. The van der Waals surface area contributed by atoms with Crippen LogP contribution in [0.15, 0.2) is 12.7 Å². The Kier molecular flexibility index (Phi) is 28.1. The molecule has 0 amide bonds. The number of hydrogen-bond acceptors (Lipinski definition) is 2. The van der Waals surface area contributed by atoms with E-state index in [0.717, 1.165) is 6.42 Å². The SMILES string of the molecule is C=CCOOC[CH-]CC.[W].[W]. The van der Waals surface area contributed by atoms with E-state index in [1.54, 1.807) is 6.08 Å². The van der Waals surface area contributed by atoms with Gasteiger partial charge < -0.3 is 6.42 Å². The van der Waals surface area contributed by atoms with Crippen molar-refractivity contribution >= 4 is 0 Å². The van der Waals surface area contributed by atoms with Crippen molar-refractivity contribution in [1.82, 2.24) is 0 Å². The Morgan fingerprint density at radius 1 is 1.36 bits per heavy atom. The molecule has 0 heterocycles. The standard InChI is InChI=1S/C7H13O2.2W/c1-3-5-7-9-8-6-4-2;;/h4-5H,2-3,6-7H2,1H3;;/q-1;;. The molecule has 0 aromatic carbocycles. The first-order valence-electron chi connectivity index (χ1n) is 3.08. The van der Waals surface area contributed by atoms with E-state index in [1.165, 1.54) is 0 Å². The van der Waals surface area contributed by atoms with Gasteiger partial charge in [0.25, 0.3) is 0 Å². The van der Waals surface area contributed by atoms with E-state index >= 15 is 0 Å². The fraction of sp³-hybridized carbons (Fsp3) is 0.571. The van der Waals surface area contributed by atoms with Crippen LogP contribution < -0.4 is 0 Å². The minimum absolute atomic E-state index is 0. The zero-order chi connectivity index (χ0) is 6.95. The van der Waals surface area contributed by atoms with E-state index in [-0.39, 0.29) is 42.1 Å². The third-order valence-electron chi connectivity index (χ3n) is 0.744. The quantitative estimate of drug-likeness (QED) is 0.183. The third kappa shape index (κ3) is 18.2. The molecule has 0 aliphatic carbocycles. The van der Waals surface area contributed by atoms with Gasteiger partial charge in [0, 0.05) is 42.1 Å². The Labute approximate surface area is 97.2 Å². The molecule has 0 radical (unpaired) electrons. The van der Waals surface area contributed by atoms with Gasteiger partial charge in [0.05, 0.1) is 6.61 Å². The van der Waals surface area contributed by atoms with Gasteiger partial charge in [0.1, 0.15) is 0 Å². The zero-order valence-corrected chi connectivity index (χ0v) is 12.5. The van der Waals surface area contributed by atoms with Crippen LogP contribution in [0, 0.1) is 6.42 Å². The minimum Gasteiger partial charge on any atom is -0.300 e. The number of unbranched alkanes of at least 4 members (excludes halogenated alkanes) is 1. The number of hydrogen-bond donors (Lipinski definition) is 0. The van der Waals surface area contributed by atoms with Gasteiger partial charge in [-0.05, 0) is 6.61 Å². The molecule has 0 N–H and O–H groups in total. The molecule has 0 spiro atoms. The van der Waals surface area contributed by atoms with Gasteiger partial charge in [0.2, 0.25) is 0 Å². The summed E-state index contributed by atoms with van der Waals surface area (Å²) in [5, 5.41) is 0. The summed E-state index contributed by atoms with van der Waals surface area (Å²) in [7, 11) is 0. The van der Waals surface area contributed by atoms with Crippen LogP contribution in [-0.2, 0) is 51.9 Å². The van der Waals surface area contributed by atoms with Crippen LogP contribution in [0.5, 0.6) is 0 Å². The maximum atomic E-state index is 4.69. The monoisotopic (exact) mass is 497 g/mol. The Balaban J connectivity index is -0.000000320. The topological polar surface area (TPSA) is 18.5 Å². The molecule has 4 heteroatoms. The molecule has 0 unspecified atom stereocenters. The van der Waals surface area contributed by atoms with Gasteiger partial charge in [-0.25, -0.2) is 4.89 Å². The first-order chi connectivity index (χ1) is 4.41. The molecule has 0 bridgehead atoms. The van der Waals surface area contributed by atoms with E-state index in [0.29, 0.717) is 13.2 Å². The second-order valence-electron chi connectivity index (χ2n) is 1.55. The van der Waals surface area contributed by atoms with Crippen molar-refractivity contribution in [3.8, 4) is 0 Å². The second-order valence-corrected chi connectivity index (χ2v) is 1.55. The maximum Gasteiger partial charge on any atom is 0.1000 e. The van der Waals surface area contributed by atoms with Crippen molar-refractivity contribution in [1.29, 1.82) is 0 Å². The first kappa shape index (κ1) is 18.0. The molecule has 0 aliphatic heterocycles. The Hall–Kier alpha value is 1.04. The van der Waals surface area contributed by atoms with E-state index in [4.69, 9.17) is 0 Å². The molecule has 0 aliphatic rings. The van der Waals surface area contributed by atoms with Crippen LogP contribution in [0.1, 0.15) is 13.3 Å². The molecule has 2 nitrogen and oxygen atoms in total. The predicted octanol–water partition coefficient (Wildman–Crippen LogP) is 1.73. The third-order valence-corrected chi connectivity index (χ3v) is 0.744. The van der Waals surface area contributed by atoms with Crippen LogP contribution in [0.25, 0.3) is 0 Å². The van der Waals surface area contributed by atoms with Crippen LogP contribution in [0.4, 0.5) is 0 Å². The molecule has 0 rings (SSSR count). The van der Waals surface area contributed by atoms with Crippen LogP contribution in [0.3, 0.4) is 0 Å². The average molecular weight is 497 g/mol. The first-order valence-corrected chi connectivity index (χ1v) is 3.08. The van der Waals surface area contributed by atoms with Crippen molar-refractivity contribution in [2.24, 2.45) is 0 Å². The number of rotatable bonds is 6. The maximum absolute atomic E-state index is 4.69. The summed E-state index contributed by atoms with van der Waals surface area (Å²) in [5.74, 6) is 0. The van der Waals surface area contributed by atoms with Crippen LogP contribution in [-0.4, -0.2) is 13.2 Å². The van der Waals surface area contributed by atoms with Gasteiger partial charge in [-0.1, -0.05) is 13.0 Å². The molecule has 0 aromatic heterocycles. The summed E-state index contributed by atoms with van der Waals surface area (Å²) in [6.45, 7) is 6.53. The normalized spacial score (nSPS) is 7.73. The Morgan fingerprint density at radius 3 is 2.45 bits per heavy atom. The van der Waals surface area contributed by atoms with E-state index < -0.39 is 0 Å². The van der Waals surface area contributed by atoms with E-state index in [2.05, 4.69) is 23.3 Å². The molecular formula is C7H13O2W2-. The van der Waals surface area contributed by atoms with Crippen molar-refractivity contribution in [3.63, 3.8) is 0 Å². The fourth-order valence-electron chi connectivity index (χ4n) is 0.310. The fourth-order valence-corrected chi connectivity index (χ4v) is 0.310. The van der Waals surface area contributed by atoms with Gasteiger partial charge in [-0.15, -0.1) is 6.58 Å². The largest absolute Gasteiger partial charge is 0.300 e. The van der Waals surface area contributed by atoms with Crippen LogP contribution in [0.2, 0.25) is 0 Å². The van der Waals surface area contributed by atoms with Gasteiger partial charge >= 0.3 is 0 Å². The Morgan fingerprint density at radius 2 is 2.00 bits per heavy atom. The molecule has 11 heavy (non-hydrogen) atoms. The van der Waals surface area contributed by atoms with Gasteiger partial charge in [-0.2, -0.15) is 6.42 Å². The zero-order valence-electron chi connectivity index (χ0n) is 6.62. The van der Waals surface area contributed by atoms with E-state index in [9.17, 15) is 0 Å². The smallest absolute Gasteiger partial charge is 0.1000 e. The molecule has 0 fully saturated rings. The molecular weight excluding hydrogens is 484 g/mol. The summed E-state index contributed by atoms with van der Waals surface area (Å²) in [6, 6.07) is 0. The predicted molar refractivity (Wildman–Crippen MR) is 36.7 cm³/mol.